The van der Waals surface area contributed by atoms with Gasteiger partial charge in [0.2, 0.25) is 5.91 Å². The number of hydrogen-bond acceptors (Lipinski definition) is 3. The van der Waals surface area contributed by atoms with Crippen LogP contribution in [0.25, 0.3) is 0 Å². The molecule has 1 saturated heterocycles. The molecule has 7 heteroatoms. The van der Waals surface area contributed by atoms with Crippen LogP contribution in [0.1, 0.15) is 6.92 Å². The van der Waals surface area contributed by atoms with Gasteiger partial charge in [0.1, 0.15) is 5.82 Å². The van der Waals surface area contributed by atoms with Crippen molar-refractivity contribution < 1.29 is 9.18 Å². The highest BCUT2D eigenvalue weighted by atomic mass is 35.5. The molecule has 1 heterocycles. The standard InChI is InChI=1S/C19H20Cl2FN3O/c1-13(19(26)23-18-12-15(21)5-6-17(18)22)24-7-9-25(10-8-24)16-4-2-3-14(20)11-16/h2-6,11-13H,7-10H2,1H3,(H,23,26). The number of anilines is 2. The van der Waals surface area contributed by atoms with E-state index in [-0.39, 0.29) is 17.6 Å². The fraction of sp³-hybridized carbons (Fsp3) is 0.316. The summed E-state index contributed by atoms with van der Waals surface area (Å²) in [5, 5.41) is 3.72. The lowest BCUT2D eigenvalue weighted by molar-refractivity contribution is -0.120. The van der Waals surface area contributed by atoms with E-state index in [4.69, 9.17) is 23.2 Å². The largest absolute Gasteiger partial charge is 0.369 e. The lowest BCUT2D eigenvalue weighted by atomic mass is 10.2. The first-order valence-corrected chi connectivity index (χ1v) is 9.20. The van der Waals surface area contributed by atoms with Gasteiger partial charge in [0.15, 0.2) is 0 Å². The van der Waals surface area contributed by atoms with E-state index in [0.29, 0.717) is 10.0 Å². The molecule has 1 unspecified atom stereocenters. The van der Waals surface area contributed by atoms with Crippen molar-refractivity contribution in [1.29, 1.82) is 0 Å². The number of benzene rings is 2. The molecule has 0 aliphatic carbocycles. The highest BCUT2D eigenvalue weighted by Gasteiger charge is 2.26. The maximum absolute atomic E-state index is 13.8. The minimum absolute atomic E-state index is 0.104. The molecule has 1 N–H and O–H groups in total. The van der Waals surface area contributed by atoms with Gasteiger partial charge in [-0.25, -0.2) is 4.39 Å². The molecule has 1 amide bonds. The minimum Gasteiger partial charge on any atom is -0.369 e. The molecule has 0 spiro atoms. The van der Waals surface area contributed by atoms with Gasteiger partial charge in [-0.15, -0.1) is 0 Å². The van der Waals surface area contributed by atoms with Crippen molar-refractivity contribution in [3.63, 3.8) is 0 Å². The summed E-state index contributed by atoms with van der Waals surface area (Å²) in [4.78, 5) is 16.8. The number of rotatable bonds is 4. The van der Waals surface area contributed by atoms with Crippen molar-refractivity contribution in [3.05, 3.63) is 58.3 Å². The van der Waals surface area contributed by atoms with E-state index in [1.165, 1.54) is 18.2 Å². The van der Waals surface area contributed by atoms with Gasteiger partial charge in [-0.3, -0.25) is 9.69 Å². The summed E-state index contributed by atoms with van der Waals surface area (Å²) in [7, 11) is 0. The Morgan fingerprint density at radius 2 is 1.77 bits per heavy atom. The Morgan fingerprint density at radius 3 is 2.46 bits per heavy atom. The van der Waals surface area contributed by atoms with Gasteiger partial charge in [0.05, 0.1) is 11.7 Å². The Hall–Kier alpha value is -1.82. The summed E-state index contributed by atoms with van der Waals surface area (Å²) in [6.45, 7) is 4.89. The maximum atomic E-state index is 13.8. The molecule has 1 aliphatic heterocycles. The third-order valence-electron chi connectivity index (χ3n) is 4.60. The van der Waals surface area contributed by atoms with Crippen LogP contribution in [0.5, 0.6) is 0 Å². The SMILES string of the molecule is CC(C(=O)Nc1cc(Cl)ccc1F)N1CCN(c2cccc(Cl)c2)CC1. The Labute approximate surface area is 162 Å². The van der Waals surface area contributed by atoms with Gasteiger partial charge in [-0.05, 0) is 43.3 Å². The van der Waals surface area contributed by atoms with Crippen LogP contribution in [0.3, 0.4) is 0 Å². The van der Waals surface area contributed by atoms with E-state index >= 15 is 0 Å². The van der Waals surface area contributed by atoms with Crippen LogP contribution in [-0.4, -0.2) is 43.0 Å². The third kappa shape index (κ3) is 4.47. The molecule has 0 radical (unpaired) electrons. The van der Waals surface area contributed by atoms with E-state index in [9.17, 15) is 9.18 Å². The Kier molecular flexibility index (Phi) is 6.01. The fourth-order valence-electron chi connectivity index (χ4n) is 3.04. The predicted molar refractivity (Wildman–Crippen MR) is 105 cm³/mol. The lowest BCUT2D eigenvalue weighted by Gasteiger charge is -2.38. The number of hydrogen-bond donors (Lipinski definition) is 1. The molecule has 4 nitrogen and oxygen atoms in total. The molecule has 2 aromatic rings. The number of nitrogens with zero attached hydrogens (tertiary/aromatic N) is 2. The minimum atomic E-state index is -0.499. The highest BCUT2D eigenvalue weighted by Crippen LogP contribution is 2.22. The van der Waals surface area contributed by atoms with Crippen molar-refractivity contribution in [2.45, 2.75) is 13.0 Å². The van der Waals surface area contributed by atoms with Crippen molar-refractivity contribution in [2.75, 3.05) is 36.4 Å². The number of carbonyl (C=O) groups excluding carboxylic acids is 1. The number of amides is 1. The summed E-state index contributed by atoms with van der Waals surface area (Å²) >= 11 is 11.9. The van der Waals surface area contributed by atoms with Crippen molar-refractivity contribution in [3.8, 4) is 0 Å². The van der Waals surface area contributed by atoms with Crippen molar-refractivity contribution in [2.24, 2.45) is 0 Å². The van der Waals surface area contributed by atoms with Gasteiger partial charge in [0.25, 0.3) is 0 Å². The van der Waals surface area contributed by atoms with E-state index in [2.05, 4.69) is 15.1 Å². The second-order valence-electron chi connectivity index (χ2n) is 6.29. The van der Waals surface area contributed by atoms with E-state index in [1.807, 2.05) is 31.2 Å². The van der Waals surface area contributed by atoms with Gasteiger partial charge >= 0.3 is 0 Å². The fourth-order valence-corrected chi connectivity index (χ4v) is 3.39. The zero-order chi connectivity index (χ0) is 18.7. The first-order valence-electron chi connectivity index (χ1n) is 8.44. The summed E-state index contributed by atoms with van der Waals surface area (Å²) in [6.07, 6.45) is 0. The highest BCUT2D eigenvalue weighted by molar-refractivity contribution is 6.31. The topological polar surface area (TPSA) is 35.6 Å². The van der Waals surface area contributed by atoms with Crippen LogP contribution in [0.15, 0.2) is 42.5 Å². The van der Waals surface area contributed by atoms with Crippen LogP contribution in [0.4, 0.5) is 15.8 Å². The van der Waals surface area contributed by atoms with Crippen LogP contribution in [-0.2, 0) is 4.79 Å². The molecule has 0 aromatic heterocycles. The second-order valence-corrected chi connectivity index (χ2v) is 7.17. The first kappa shape index (κ1) is 19.0. The number of piperazine rings is 1. The van der Waals surface area contributed by atoms with Gasteiger partial charge in [0, 0.05) is 41.9 Å². The first-order chi connectivity index (χ1) is 12.4. The van der Waals surface area contributed by atoms with Crippen LogP contribution in [0, 0.1) is 5.82 Å². The zero-order valence-corrected chi connectivity index (χ0v) is 15.9. The van der Waals surface area contributed by atoms with Crippen molar-refractivity contribution >= 4 is 40.5 Å². The Morgan fingerprint density at radius 1 is 1.08 bits per heavy atom. The summed E-state index contributed by atoms with van der Waals surface area (Å²) in [5.41, 5.74) is 1.18. The quantitative estimate of drug-likeness (QED) is 0.838. The Bertz CT molecular complexity index is 794. The molecule has 3 rings (SSSR count). The molecule has 26 heavy (non-hydrogen) atoms. The molecule has 1 atom stereocenters. The molecule has 0 bridgehead atoms. The van der Waals surface area contributed by atoms with Crippen LogP contribution < -0.4 is 10.2 Å². The Balaban J connectivity index is 1.58. The summed E-state index contributed by atoms with van der Waals surface area (Å²) < 4.78 is 13.8. The van der Waals surface area contributed by atoms with Crippen LogP contribution in [0.2, 0.25) is 10.0 Å². The van der Waals surface area contributed by atoms with E-state index in [0.717, 1.165) is 31.9 Å². The molecule has 1 fully saturated rings. The monoisotopic (exact) mass is 395 g/mol. The van der Waals surface area contributed by atoms with Crippen molar-refractivity contribution in [1.82, 2.24) is 4.90 Å². The smallest absolute Gasteiger partial charge is 0.241 e. The summed E-state index contributed by atoms with van der Waals surface area (Å²) in [5.74, 6) is -0.747. The second kappa shape index (κ2) is 8.25. The molecule has 2 aromatic carbocycles. The average molecular weight is 396 g/mol. The average Bonchev–Trinajstić information content (AvgIpc) is 2.64. The number of carbonyl (C=O) groups is 1. The number of nitrogens with one attached hydrogen (secondary N) is 1. The lowest BCUT2D eigenvalue weighted by Crippen LogP contribution is -2.52. The summed E-state index contributed by atoms with van der Waals surface area (Å²) in [6, 6.07) is 11.5. The number of halogens is 3. The van der Waals surface area contributed by atoms with Gasteiger partial charge in [-0.1, -0.05) is 29.3 Å². The van der Waals surface area contributed by atoms with Gasteiger partial charge in [-0.2, -0.15) is 0 Å². The van der Waals surface area contributed by atoms with E-state index in [1.54, 1.807) is 0 Å². The molecular formula is C19H20Cl2FN3O. The van der Waals surface area contributed by atoms with Crippen LogP contribution >= 0.6 is 23.2 Å². The molecule has 138 valence electrons. The van der Waals surface area contributed by atoms with E-state index < -0.39 is 5.82 Å². The molecule has 0 saturated carbocycles. The predicted octanol–water partition coefficient (Wildman–Crippen LogP) is 4.28. The molecular weight excluding hydrogens is 376 g/mol. The zero-order valence-electron chi connectivity index (χ0n) is 14.4. The third-order valence-corrected chi connectivity index (χ3v) is 5.07. The molecule has 1 aliphatic rings. The maximum Gasteiger partial charge on any atom is 0.241 e. The normalized spacial score (nSPS) is 16.4. The van der Waals surface area contributed by atoms with Gasteiger partial charge < -0.3 is 10.2 Å².